The second kappa shape index (κ2) is 6.52. The molecular weight excluding hydrogens is 310 g/mol. The molecule has 4 rings (SSSR count). The Morgan fingerprint density at radius 2 is 2.21 bits per heavy atom. The largest absolute Gasteiger partial charge is 0.479 e. The molecule has 1 N–H and O–H groups in total. The number of H-pyrrole nitrogens is 1. The summed E-state index contributed by atoms with van der Waals surface area (Å²) in [7, 11) is 3.26. The SMILES string of the molecule is COCc1nc([C@H]2CN(Cc3cc(OC)no3)C[C@@H]2C2CC2)n[nH]1. The van der Waals surface area contributed by atoms with Crippen LogP contribution < -0.4 is 4.74 Å². The van der Waals surface area contributed by atoms with Gasteiger partial charge in [0.05, 0.1) is 13.7 Å². The number of likely N-dealkylation sites (tertiary alicyclic amines) is 1. The van der Waals surface area contributed by atoms with Crippen molar-refractivity contribution in [3.8, 4) is 5.88 Å². The van der Waals surface area contributed by atoms with Gasteiger partial charge in [0.25, 0.3) is 5.88 Å². The van der Waals surface area contributed by atoms with Crippen LogP contribution in [0.3, 0.4) is 0 Å². The molecule has 2 atom stereocenters. The number of rotatable bonds is 7. The highest BCUT2D eigenvalue weighted by atomic mass is 16.5. The summed E-state index contributed by atoms with van der Waals surface area (Å²) in [5.74, 6) is 4.84. The molecule has 2 aliphatic rings. The van der Waals surface area contributed by atoms with E-state index in [1.807, 2.05) is 6.07 Å². The third kappa shape index (κ3) is 3.16. The van der Waals surface area contributed by atoms with E-state index < -0.39 is 0 Å². The van der Waals surface area contributed by atoms with Gasteiger partial charge in [0.1, 0.15) is 6.61 Å². The van der Waals surface area contributed by atoms with Gasteiger partial charge in [-0.25, -0.2) is 4.98 Å². The van der Waals surface area contributed by atoms with Crippen molar-refractivity contribution >= 4 is 0 Å². The summed E-state index contributed by atoms with van der Waals surface area (Å²) in [5, 5.41) is 11.3. The number of hydrogen-bond donors (Lipinski definition) is 1. The van der Waals surface area contributed by atoms with Crippen LogP contribution in [0.15, 0.2) is 10.6 Å². The molecule has 2 aromatic rings. The molecule has 1 saturated heterocycles. The maximum atomic E-state index is 5.34. The molecule has 1 aliphatic heterocycles. The normalized spacial score (nSPS) is 24.6. The van der Waals surface area contributed by atoms with Gasteiger partial charge in [-0.2, -0.15) is 5.10 Å². The summed E-state index contributed by atoms with van der Waals surface area (Å²) in [4.78, 5) is 7.03. The molecule has 0 amide bonds. The molecule has 0 spiro atoms. The van der Waals surface area contributed by atoms with Crippen LogP contribution >= 0.6 is 0 Å². The van der Waals surface area contributed by atoms with Gasteiger partial charge in [-0.3, -0.25) is 10.00 Å². The molecule has 1 saturated carbocycles. The summed E-state index contributed by atoms with van der Waals surface area (Å²) < 4.78 is 15.5. The zero-order valence-electron chi connectivity index (χ0n) is 14.1. The van der Waals surface area contributed by atoms with Crippen molar-refractivity contribution in [2.45, 2.75) is 31.9 Å². The highest BCUT2D eigenvalue weighted by Gasteiger charge is 2.44. The van der Waals surface area contributed by atoms with Crippen LogP contribution in [0.25, 0.3) is 0 Å². The lowest BCUT2D eigenvalue weighted by Gasteiger charge is -2.14. The first-order valence-corrected chi connectivity index (χ1v) is 8.39. The van der Waals surface area contributed by atoms with Crippen molar-refractivity contribution in [1.82, 2.24) is 25.2 Å². The van der Waals surface area contributed by atoms with Crippen molar-refractivity contribution in [2.75, 3.05) is 27.3 Å². The van der Waals surface area contributed by atoms with E-state index in [2.05, 4.69) is 25.2 Å². The smallest absolute Gasteiger partial charge is 0.254 e. The number of nitrogens with one attached hydrogen (secondary N) is 1. The molecule has 2 fully saturated rings. The summed E-state index contributed by atoms with van der Waals surface area (Å²) in [6.07, 6.45) is 2.64. The lowest BCUT2D eigenvalue weighted by molar-refractivity contribution is 0.178. The average molecular weight is 333 g/mol. The van der Waals surface area contributed by atoms with E-state index in [1.54, 1.807) is 14.2 Å². The first-order chi connectivity index (χ1) is 11.8. The van der Waals surface area contributed by atoms with E-state index in [-0.39, 0.29) is 0 Å². The van der Waals surface area contributed by atoms with Crippen LogP contribution in [-0.2, 0) is 17.9 Å². The highest BCUT2D eigenvalue weighted by Crippen LogP contribution is 2.47. The molecule has 2 aromatic heterocycles. The Morgan fingerprint density at radius 3 is 2.92 bits per heavy atom. The van der Waals surface area contributed by atoms with Crippen molar-refractivity contribution < 1.29 is 14.0 Å². The quantitative estimate of drug-likeness (QED) is 0.822. The Morgan fingerprint density at radius 1 is 1.33 bits per heavy atom. The number of nitrogens with zero attached hydrogens (tertiary/aromatic N) is 4. The lowest BCUT2D eigenvalue weighted by Crippen LogP contribution is -2.20. The van der Waals surface area contributed by atoms with Crippen molar-refractivity contribution in [1.29, 1.82) is 0 Å². The first-order valence-electron chi connectivity index (χ1n) is 8.39. The maximum absolute atomic E-state index is 5.34. The van der Waals surface area contributed by atoms with E-state index in [1.165, 1.54) is 12.8 Å². The molecule has 1 aliphatic carbocycles. The van der Waals surface area contributed by atoms with Gasteiger partial charge in [0.2, 0.25) is 0 Å². The number of methoxy groups -OCH3 is 2. The topological polar surface area (TPSA) is 89.3 Å². The molecule has 0 aromatic carbocycles. The van der Waals surface area contributed by atoms with E-state index in [4.69, 9.17) is 14.0 Å². The van der Waals surface area contributed by atoms with Gasteiger partial charge in [0.15, 0.2) is 17.4 Å². The predicted molar refractivity (Wildman–Crippen MR) is 84.4 cm³/mol. The van der Waals surface area contributed by atoms with Crippen molar-refractivity contribution in [3.05, 3.63) is 23.5 Å². The highest BCUT2D eigenvalue weighted by molar-refractivity contribution is 5.13. The third-order valence-electron chi connectivity index (χ3n) is 4.96. The molecule has 130 valence electrons. The van der Waals surface area contributed by atoms with Crippen LogP contribution in [-0.4, -0.2) is 52.5 Å². The van der Waals surface area contributed by atoms with Crippen LogP contribution in [0.1, 0.15) is 36.2 Å². The van der Waals surface area contributed by atoms with Gasteiger partial charge in [-0.1, -0.05) is 0 Å². The van der Waals surface area contributed by atoms with Crippen molar-refractivity contribution in [2.24, 2.45) is 11.8 Å². The number of ether oxygens (including phenoxy) is 2. The Bertz CT molecular complexity index is 681. The van der Waals surface area contributed by atoms with Crippen LogP contribution in [0.4, 0.5) is 0 Å². The minimum atomic E-state index is 0.365. The summed E-state index contributed by atoms with van der Waals surface area (Å²) in [6, 6.07) is 1.85. The molecule has 24 heavy (non-hydrogen) atoms. The average Bonchev–Trinajstić information content (AvgIpc) is 3.00. The number of aromatic amines is 1. The second-order valence-electron chi connectivity index (χ2n) is 6.71. The summed E-state index contributed by atoms with van der Waals surface area (Å²) in [5.41, 5.74) is 0. The molecule has 3 heterocycles. The number of hydrogen-bond acceptors (Lipinski definition) is 7. The molecule has 8 heteroatoms. The van der Waals surface area contributed by atoms with Gasteiger partial charge < -0.3 is 14.0 Å². The molecule has 0 unspecified atom stereocenters. The molecular formula is C16H23N5O3. The fourth-order valence-electron chi connectivity index (χ4n) is 3.68. The van der Waals surface area contributed by atoms with E-state index >= 15 is 0 Å². The Kier molecular flexibility index (Phi) is 4.24. The summed E-state index contributed by atoms with van der Waals surface area (Å²) in [6.45, 7) is 3.20. The first kappa shape index (κ1) is 15.6. The van der Waals surface area contributed by atoms with Crippen LogP contribution in [0.5, 0.6) is 5.88 Å². The second-order valence-corrected chi connectivity index (χ2v) is 6.71. The minimum Gasteiger partial charge on any atom is -0.479 e. The fraction of sp³-hybridized carbons (Fsp3) is 0.688. The third-order valence-corrected chi connectivity index (χ3v) is 4.96. The number of aromatic nitrogens is 4. The Balaban J connectivity index is 1.46. The monoisotopic (exact) mass is 333 g/mol. The molecule has 0 bridgehead atoms. The van der Waals surface area contributed by atoms with Gasteiger partial charge >= 0.3 is 0 Å². The van der Waals surface area contributed by atoms with Crippen molar-refractivity contribution in [3.63, 3.8) is 0 Å². The van der Waals surface area contributed by atoms with E-state index in [0.717, 1.165) is 43.0 Å². The maximum Gasteiger partial charge on any atom is 0.254 e. The Labute approximate surface area is 140 Å². The van der Waals surface area contributed by atoms with Gasteiger partial charge in [0, 0.05) is 32.2 Å². The van der Waals surface area contributed by atoms with Crippen LogP contribution in [0.2, 0.25) is 0 Å². The van der Waals surface area contributed by atoms with Gasteiger partial charge in [-0.15, -0.1) is 0 Å². The Hall–Kier alpha value is -1.93. The van der Waals surface area contributed by atoms with E-state index in [9.17, 15) is 0 Å². The minimum absolute atomic E-state index is 0.365. The zero-order valence-corrected chi connectivity index (χ0v) is 14.1. The summed E-state index contributed by atoms with van der Waals surface area (Å²) >= 11 is 0. The predicted octanol–water partition coefficient (Wildman–Crippen LogP) is 1.57. The fourth-order valence-corrected chi connectivity index (χ4v) is 3.68. The van der Waals surface area contributed by atoms with Gasteiger partial charge in [-0.05, 0) is 29.8 Å². The molecule has 8 nitrogen and oxygen atoms in total. The standard InChI is InChI=1S/C16H23N5O3/c1-22-9-14-17-16(19-18-14)13-8-21(7-12(13)10-3-4-10)6-11-5-15(23-2)20-24-11/h5,10,12-13H,3-4,6-9H2,1-2H3,(H,17,18,19)/t12-,13+/m1/s1. The van der Waals surface area contributed by atoms with Crippen LogP contribution in [0, 0.1) is 11.8 Å². The molecule has 0 radical (unpaired) electrons. The zero-order chi connectivity index (χ0) is 16.5. The lowest BCUT2D eigenvalue weighted by atomic mass is 9.91. The van der Waals surface area contributed by atoms with E-state index in [0.29, 0.717) is 24.3 Å².